The van der Waals surface area contributed by atoms with Crippen molar-refractivity contribution in [3.8, 4) is 0 Å². The van der Waals surface area contributed by atoms with Crippen LogP contribution in [0.25, 0.3) is 17.0 Å². The van der Waals surface area contributed by atoms with Gasteiger partial charge in [-0.1, -0.05) is 25.1 Å². The van der Waals surface area contributed by atoms with Gasteiger partial charge < -0.3 is 9.73 Å². The predicted molar refractivity (Wildman–Crippen MR) is 94.4 cm³/mol. The third-order valence-electron chi connectivity index (χ3n) is 4.36. The Balaban J connectivity index is 1.80. The number of carbonyl (C=O) groups excluding carboxylic acids is 1. The number of fused-ring (bicyclic) bond motifs is 1. The minimum absolute atomic E-state index is 0.00552. The number of nitrogens with one attached hydrogen (secondary N) is 1. The first kappa shape index (κ1) is 16.8. The SMILES string of the molecule is CCc1oc2ccccc2c1/C=C/C(=O)N[C@]1(C)CCS(=O)(=O)C1. The Labute approximate surface area is 141 Å². The zero-order valence-corrected chi connectivity index (χ0v) is 14.7. The second-order valence-electron chi connectivity index (χ2n) is 6.51. The smallest absolute Gasteiger partial charge is 0.244 e. The summed E-state index contributed by atoms with van der Waals surface area (Å²) in [6, 6.07) is 7.70. The highest BCUT2D eigenvalue weighted by molar-refractivity contribution is 7.91. The fourth-order valence-corrected chi connectivity index (χ4v) is 5.26. The second-order valence-corrected chi connectivity index (χ2v) is 8.70. The summed E-state index contributed by atoms with van der Waals surface area (Å²) in [7, 11) is -3.05. The van der Waals surface area contributed by atoms with E-state index in [1.54, 1.807) is 13.0 Å². The lowest BCUT2D eigenvalue weighted by molar-refractivity contribution is -0.117. The Morgan fingerprint density at radius 3 is 2.79 bits per heavy atom. The molecule has 0 unspecified atom stereocenters. The van der Waals surface area contributed by atoms with Gasteiger partial charge in [0.15, 0.2) is 9.84 Å². The Hall–Kier alpha value is -2.08. The molecule has 3 rings (SSSR count). The van der Waals surface area contributed by atoms with Gasteiger partial charge in [-0.05, 0) is 25.5 Å². The molecule has 1 aliphatic rings. The summed E-state index contributed by atoms with van der Waals surface area (Å²) in [6.07, 6.45) is 4.37. The molecule has 0 aliphatic carbocycles. The molecule has 1 atom stereocenters. The summed E-state index contributed by atoms with van der Waals surface area (Å²) in [5.41, 5.74) is 1.00. The van der Waals surface area contributed by atoms with Crippen molar-refractivity contribution in [2.45, 2.75) is 32.2 Å². The maximum atomic E-state index is 12.2. The van der Waals surface area contributed by atoms with Crippen molar-refractivity contribution in [3.05, 3.63) is 41.7 Å². The van der Waals surface area contributed by atoms with Crippen molar-refractivity contribution in [3.63, 3.8) is 0 Å². The summed E-state index contributed by atoms with van der Waals surface area (Å²) in [5, 5.41) is 3.79. The lowest BCUT2D eigenvalue weighted by atomic mass is 10.0. The molecule has 2 aromatic rings. The van der Waals surface area contributed by atoms with Crippen LogP contribution in [0.2, 0.25) is 0 Å². The van der Waals surface area contributed by atoms with E-state index in [0.29, 0.717) is 6.42 Å². The molecule has 24 heavy (non-hydrogen) atoms. The zero-order chi connectivity index (χ0) is 17.4. The Kier molecular flexibility index (Phi) is 4.25. The van der Waals surface area contributed by atoms with Crippen molar-refractivity contribution >= 4 is 32.8 Å². The summed E-state index contributed by atoms with van der Waals surface area (Å²) < 4.78 is 29.0. The van der Waals surface area contributed by atoms with E-state index in [4.69, 9.17) is 4.42 Å². The van der Waals surface area contributed by atoms with Crippen LogP contribution in [0.5, 0.6) is 0 Å². The number of hydrogen-bond donors (Lipinski definition) is 1. The maximum Gasteiger partial charge on any atom is 0.244 e. The number of rotatable bonds is 4. The van der Waals surface area contributed by atoms with E-state index >= 15 is 0 Å². The van der Waals surface area contributed by atoms with Gasteiger partial charge in [0.1, 0.15) is 11.3 Å². The van der Waals surface area contributed by atoms with Crippen LogP contribution in [0.1, 0.15) is 31.6 Å². The van der Waals surface area contributed by atoms with E-state index in [1.807, 2.05) is 31.2 Å². The van der Waals surface area contributed by atoms with Crippen molar-refractivity contribution in [2.24, 2.45) is 0 Å². The minimum atomic E-state index is -3.05. The van der Waals surface area contributed by atoms with Crippen LogP contribution in [-0.2, 0) is 21.1 Å². The summed E-state index contributed by atoms with van der Waals surface area (Å²) in [4.78, 5) is 12.2. The molecular weight excluding hydrogens is 326 g/mol. The first-order valence-corrected chi connectivity index (χ1v) is 9.85. The summed E-state index contributed by atoms with van der Waals surface area (Å²) >= 11 is 0. The van der Waals surface area contributed by atoms with Gasteiger partial charge in [0.25, 0.3) is 0 Å². The number of sulfone groups is 1. The highest BCUT2D eigenvalue weighted by Gasteiger charge is 2.39. The number of hydrogen-bond acceptors (Lipinski definition) is 4. The molecule has 0 radical (unpaired) electrons. The molecule has 6 heteroatoms. The zero-order valence-electron chi connectivity index (χ0n) is 13.8. The molecular formula is C18H21NO4S. The number of para-hydroxylation sites is 1. The number of amides is 1. The Bertz CT molecular complexity index is 910. The number of furan rings is 1. The van der Waals surface area contributed by atoms with Gasteiger partial charge in [-0.15, -0.1) is 0 Å². The van der Waals surface area contributed by atoms with Crippen LogP contribution in [0, 0.1) is 0 Å². The summed E-state index contributed by atoms with van der Waals surface area (Å²) in [6.45, 7) is 3.77. The summed E-state index contributed by atoms with van der Waals surface area (Å²) in [5.74, 6) is 0.658. The molecule has 1 fully saturated rings. The third-order valence-corrected chi connectivity index (χ3v) is 6.26. The molecule has 1 aromatic carbocycles. The van der Waals surface area contributed by atoms with E-state index in [1.165, 1.54) is 6.08 Å². The Morgan fingerprint density at radius 2 is 2.12 bits per heavy atom. The monoisotopic (exact) mass is 347 g/mol. The van der Waals surface area contributed by atoms with Crippen LogP contribution < -0.4 is 5.32 Å². The second kappa shape index (κ2) is 6.09. The standard InChI is InChI=1S/C18H21NO4S/c1-3-15-14(13-6-4-5-7-16(13)23-15)8-9-17(20)19-18(2)10-11-24(21,22)12-18/h4-9H,3,10-12H2,1-2H3,(H,19,20)/b9-8+/t18-/m1/s1. The molecule has 1 saturated heterocycles. The third kappa shape index (κ3) is 3.38. The Morgan fingerprint density at radius 1 is 1.38 bits per heavy atom. The lowest BCUT2D eigenvalue weighted by Gasteiger charge is -2.22. The van der Waals surface area contributed by atoms with Gasteiger partial charge in [0, 0.05) is 23.4 Å². The molecule has 128 valence electrons. The fraction of sp³-hybridized carbons (Fsp3) is 0.389. The molecule has 1 N–H and O–H groups in total. The van der Waals surface area contributed by atoms with Crippen LogP contribution in [0.3, 0.4) is 0 Å². The number of benzene rings is 1. The van der Waals surface area contributed by atoms with Crippen molar-refractivity contribution in [1.29, 1.82) is 0 Å². The molecule has 1 aromatic heterocycles. The minimum Gasteiger partial charge on any atom is -0.460 e. The lowest BCUT2D eigenvalue weighted by Crippen LogP contribution is -2.46. The van der Waals surface area contributed by atoms with Crippen molar-refractivity contribution < 1.29 is 17.6 Å². The molecule has 2 heterocycles. The van der Waals surface area contributed by atoms with Crippen LogP contribution in [0.15, 0.2) is 34.8 Å². The van der Waals surface area contributed by atoms with Crippen LogP contribution >= 0.6 is 0 Å². The predicted octanol–water partition coefficient (Wildman–Crippen LogP) is 2.70. The fourth-order valence-electron chi connectivity index (χ4n) is 3.17. The topological polar surface area (TPSA) is 76.4 Å². The number of aryl methyl sites for hydroxylation is 1. The maximum absolute atomic E-state index is 12.2. The molecule has 5 nitrogen and oxygen atoms in total. The van der Waals surface area contributed by atoms with Crippen LogP contribution in [0.4, 0.5) is 0 Å². The van der Waals surface area contributed by atoms with Crippen molar-refractivity contribution in [1.82, 2.24) is 5.32 Å². The van der Waals surface area contributed by atoms with Gasteiger partial charge in [0.05, 0.1) is 17.0 Å². The first-order valence-electron chi connectivity index (χ1n) is 8.03. The van der Waals surface area contributed by atoms with E-state index < -0.39 is 15.4 Å². The quantitative estimate of drug-likeness (QED) is 0.863. The molecule has 0 bridgehead atoms. The largest absolute Gasteiger partial charge is 0.460 e. The van der Waals surface area contributed by atoms with Gasteiger partial charge in [0.2, 0.25) is 5.91 Å². The van der Waals surface area contributed by atoms with E-state index in [0.717, 1.165) is 28.7 Å². The molecule has 0 spiro atoms. The molecule has 0 saturated carbocycles. The van der Waals surface area contributed by atoms with Gasteiger partial charge >= 0.3 is 0 Å². The first-order chi connectivity index (χ1) is 11.3. The normalized spacial score (nSPS) is 23.1. The van der Waals surface area contributed by atoms with Gasteiger partial charge in [-0.25, -0.2) is 8.42 Å². The highest BCUT2D eigenvalue weighted by Crippen LogP contribution is 2.27. The van der Waals surface area contributed by atoms with Gasteiger partial charge in [-0.2, -0.15) is 0 Å². The average molecular weight is 347 g/mol. The van der Waals surface area contributed by atoms with E-state index in [-0.39, 0.29) is 17.4 Å². The van der Waals surface area contributed by atoms with Crippen molar-refractivity contribution in [2.75, 3.05) is 11.5 Å². The van der Waals surface area contributed by atoms with Gasteiger partial charge in [-0.3, -0.25) is 4.79 Å². The molecule has 1 amide bonds. The van der Waals surface area contributed by atoms with E-state index in [9.17, 15) is 13.2 Å². The molecule has 1 aliphatic heterocycles. The number of carbonyl (C=O) groups is 1. The van der Waals surface area contributed by atoms with E-state index in [2.05, 4.69) is 5.32 Å². The van der Waals surface area contributed by atoms with Crippen LogP contribution in [-0.4, -0.2) is 31.4 Å². The highest BCUT2D eigenvalue weighted by atomic mass is 32.2. The average Bonchev–Trinajstić information content (AvgIpc) is 3.01.